The first-order chi connectivity index (χ1) is 20.3. The Hall–Kier alpha value is -3.34. The minimum atomic E-state index is -4.22. The van der Waals surface area contributed by atoms with Crippen LogP contribution in [0.15, 0.2) is 41.4 Å². The lowest BCUT2D eigenvalue weighted by Gasteiger charge is -2.60. The molecule has 4 fully saturated rings. The van der Waals surface area contributed by atoms with Gasteiger partial charge in [0.15, 0.2) is 10.6 Å². The van der Waals surface area contributed by atoms with Crippen LogP contribution < -0.4 is 14.4 Å². The van der Waals surface area contributed by atoms with Gasteiger partial charge >= 0.3 is 6.09 Å². The van der Waals surface area contributed by atoms with Crippen molar-refractivity contribution in [2.24, 2.45) is 5.41 Å². The molecule has 1 N–H and O–H groups in total. The van der Waals surface area contributed by atoms with Crippen LogP contribution in [-0.4, -0.2) is 67.7 Å². The van der Waals surface area contributed by atoms with Gasteiger partial charge in [0, 0.05) is 44.4 Å². The van der Waals surface area contributed by atoms with Crippen molar-refractivity contribution in [1.29, 1.82) is 0 Å². The van der Waals surface area contributed by atoms with Gasteiger partial charge in [-0.05, 0) is 75.8 Å². The first-order valence-electron chi connectivity index (χ1n) is 15.3. The van der Waals surface area contributed by atoms with E-state index in [0.29, 0.717) is 56.5 Å². The number of carbonyl (C=O) groups is 2. The van der Waals surface area contributed by atoms with Gasteiger partial charge in [0.25, 0.3) is 15.9 Å². The summed E-state index contributed by atoms with van der Waals surface area (Å²) in [4.78, 5) is 33.8. The van der Waals surface area contributed by atoms with Gasteiger partial charge in [0.05, 0.1) is 0 Å². The van der Waals surface area contributed by atoms with E-state index < -0.39 is 27.1 Å². The van der Waals surface area contributed by atoms with Gasteiger partial charge in [0.2, 0.25) is 0 Å². The Morgan fingerprint density at radius 2 is 1.70 bits per heavy atom. The van der Waals surface area contributed by atoms with E-state index in [1.165, 1.54) is 25.3 Å². The standard InChI is InChI=1S/C32H42N4O6S/c1-22-13-14-24(23-9-6-5-7-10-23)25(17-22)41-32(15-16-32)28(37)34-43(39,40)27-12-8-11-26(33-27)35-18-31(19-35)20-36(21-31)29(38)42-30(2,3)4/h8,11-14,17,23H,5-7,9-10,15-16,18-21H2,1-4H3,(H,34,37). The molecule has 1 aromatic heterocycles. The van der Waals surface area contributed by atoms with Gasteiger partial charge in [-0.2, -0.15) is 8.42 Å². The summed E-state index contributed by atoms with van der Waals surface area (Å²) >= 11 is 0. The first kappa shape index (κ1) is 29.7. The number of carbonyl (C=O) groups excluding carboxylic acids is 2. The number of benzene rings is 1. The van der Waals surface area contributed by atoms with E-state index in [9.17, 15) is 18.0 Å². The van der Waals surface area contributed by atoms with Gasteiger partial charge in [-0.15, -0.1) is 0 Å². The number of aryl methyl sites for hydroxylation is 1. The van der Waals surface area contributed by atoms with E-state index in [4.69, 9.17) is 9.47 Å². The van der Waals surface area contributed by atoms with E-state index in [1.807, 2.05) is 38.7 Å². The summed E-state index contributed by atoms with van der Waals surface area (Å²) in [6, 6.07) is 10.9. The van der Waals surface area contributed by atoms with Crippen molar-refractivity contribution in [2.45, 2.75) is 94.8 Å². The van der Waals surface area contributed by atoms with Gasteiger partial charge < -0.3 is 19.3 Å². The molecule has 43 heavy (non-hydrogen) atoms. The maximum atomic E-state index is 13.4. The van der Waals surface area contributed by atoms with Crippen LogP contribution in [0.1, 0.15) is 82.8 Å². The summed E-state index contributed by atoms with van der Waals surface area (Å²) in [5.41, 5.74) is 0.362. The normalized spacial score (nSPS) is 21.0. The van der Waals surface area contributed by atoms with Crippen molar-refractivity contribution in [2.75, 3.05) is 31.1 Å². The number of hydrogen-bond acceptors (Lipinski definition) is 8. The molecule has 6 rings (SSSR count). The first-order valence-corrected chi connectivity index (χ1v) is 16.8. The molecule has 2 saturated heterocycles. The van der Waals surface area contributed by atoms with E-state index >= 15 is 0 Å². The van der Waals surface area contributed by atoms with E-state index in [-0.39, 0.29) is 16.5 Å². The summed E-state index contributed by atoms with van der Waals surface area (Å²) in [7, 11) is -4.22. The zero-order valence-electron chi connectivity index (χ0n) is 25.5. The number of nitrogens with one attached hydrogen (secondary N) is 1. The lowest BCUT2D eigenvalue weighted by atomic mass is 9.73. The third-order valence-corrected chi connectivity index (χ3v) is 10.2. The molecule has 2 saturated carbocycles. The van der Waals surface area contributed by atoms with Gasteiger partial charge in [0.1, 0.15) is 17.2 Å². The number of aromatic nitrogens is 1. The monoisotopic (exact) mass is 610 g/mol. The summed E-state index contributed by atoms with van der Waals surface area (Å²) in [6.07, 6.45) is 6.37. The zero-order valence-corrected chi connectivity index (χ0v) is 26.3. The Morgan fingerprint density at radius 1 is 1.00 bits per heavy atom. The van der Waals surface area contributed by atoms with Crippen LogP contribution in [0.3, 0.4) is 0 Å². The van der Waals surface area contributed by atoms with Gasteiger partial charge in [-0.25, -0.2) is 14.5 Å². The molecule has 232 valence electrons. The number of sulfonamides is 1. The number of nitrogens with zero attached hydrogens (tertiary/aromatic N) is 3. The van der Waals surface area contributed by atoms with Crippen LogP contribution in [0.25, 0.3) is 0 Å². The quantitative estimate of drug-likeness (QED) is 0.470. The number of hydrogen-bond donors (Lipinski definition) is 1. The topological polar surface area (TPSA) is 118 Å². The number of likely N-dealkylation sites (tertiary alicyclic amines) is 1. The van der Waals surface area contributed by atoms with Crippen LogP contribution in [0.5, 0.6) is 5.75 Å². The number of rotatable bonds is 7. The fraction of sp³-hybridized carbons (Fsp3) is 0.594. The summed E-state index contributed by atoms with van der Waals surface area (Å²) in [5.74, 6) is 0.936. The van der Waals surface area contributed by atoms with Crippen molar-refractivity contribution in [1.82, 2.24) is 14.6 Å². The fourth-order valence-corrected chi connectivity index (χ4v) is 7.53. The fourth-order valence-electron chi connectivity index (χ4n) is 6.52. The highest BCUT2D eigenvalue weighted by atomic mass is 32.2. The molecule has 0 atom stereocenters. The Balaban J connectivity index is 1.09. The molecular formula is C32H42N4O6S. The molecule has 0 bridgehead atoms. The van der Waals surface area contributed by atoms with Gasteiger partial charge in [-0.1, -0.05) is 37.5 Å². The molecule has 10 nitrogen and oxygen atoms in total. The molecule has 11 heteroatoms. The van der Waals surface area contributed by atoms with Crippen LogP contribution in [-0.2, 0) is 19.6 Å². The number of ether oxygens (including phenoxy) is 2. The van der Waals surface area contributed by atoms with Crippen molar-refractivity contribution >= 4 is 27.8 Å². The molecule has 4 aliphatic rings. The second-order valence-electron chi connectivity index (χ2n) is 13.9. The molecule has 3 heterocycles. The lowest BCUT2D eigenvalue weighted by molar-refractivity contribution is -0.128. The maximum Gasteiger partial charge on any atom is 0.410 e. The van der Waals surface area contributed by atoms with Gasteiger partial charge in [-0.3, -0.25) is 4.79 Å². The average molecular weight is 611 g/mol. The Morgan fingerprint density at radius 3 is 2.35 bits per heavy atom. The van der Waals surface area contributed by atoms with E-state index in [0.717, 1.165) is 24.0 Å². The summed E-state index contributed by atoms with van der Waals surface area (Å²) in [6.45, 7) is 10.0. The molecule has 2 amide bonds. The molecule has 2 aromatic rings. The SMILES string of the molecule is Cc1ccc(C2CCCCC2)c(OC2(C(=O)NS(=O)(=O)c3cccc(N4CC5(CN(C(=O)OC(C)(C)C)C5)C4)n3)CC2)c1. The van der Waals surface area contributed by atoms with Crippen LogP contribution in [0.4, 0.5) is 10.6 Å². The predicted octanol–water partition coefficient (Wildman–Crippen LogP) is 4.91. The highest BCUT2D eigenvalue weighted by Gasteiger charge is 2.56. The predicted molar refractivity (Wildman–Crippen MR) is 162 cm³/mol. The molecule has 1 spiro atoms. The van der Waals surface area contributed by atoms with Crippen molar-refractivity contribution < 1.29 is 27.5 Å². The zero-order chi connectivity index (χ0) is 30.6. The molecule has 2 aliphatic heterocycles. The Labute approximate surface area is 254 Å². The second kappa shape index (κ2) is 10.7. The largest absolute Gasteiger partial charge is 0.477 e. The maximum absolute atomic E-state index is 13.4. The molecule has 1 aromatic carbocycles. The van der Waals surface area contributed by atoms with Crippen molar-refractivity contribution in [3.05, 3.63) is 47.5 Å². The van der Waals surface area contributed by atoms with Crippen molar-refractivity contribution in [3.8, 4) is 5.75 Å². The third kappa shape index (κ3) is 6.18. The lowest BCUT2D eigenvalue weighted by Crippen LogP contribution is -2.73. The molecule has 0 unspecified atom stereocenters. The number of anilines is 1. The van der Waals surface area contributed by atoms with Crippen molar-refractivity contribution in [3.63, 3.8) is 0 Å². The Bertz CT molecular complexity index is 1510. The minimum Gasteiger partial charge on any atom is -0.477 e. The smallest absolute Gasteiger partial charge is 0.410 e. The summed E-state index contributed by atoms with van der Waals surface area (Å²) in [5, 5.41) is -0.211. The molecule has 0 radical (unpaired) electrons. The average Bonchev–Trinajstić information content (AvgIpc) is 3.67. The van der Waals surface area contributed by atoms with E-state index in [1.54, 1.807) is 17.0 Å². The Kier molecular flexibility index (Phi) is 7.38. The molecule has 2 aliphatic carbocycles. The number of pyridine rings is 1. The second-order valence-corrected chi connectivity index (χ2v) is 15.6. The molecular weight excluding hydrogens is 568 g/mol. The third-order valence-electron chi connectivity index (χ3n) is 8.93. The van der Waals surface area contributed by atoms with Crippen LogP contribution in [0, 0.1) is 12.3 Å². The summed E-state index contributed by atoms with van der Waals surface area (Å²) < 4.78 is 40.7. The highest BCUT2D eigenvalue weighted by molar-refractivity contribution is 7.90. The van der Waals surface area contributed by atoms with E-state index in [2.05, 4.69) is 21.8 Å². The number of amides is 2. The van der Waals surface area contributed by atoms with Crippen LogP contribution in [0.2, 0.25) is 0 Å². The van der Waals surface area contributed by atoms with Crippen LogP contribution >= 0.6 is 0 Å². The highest BCUT2D eigenvalue weighted by Crippen LogP contribution is 2.45. The minimum absolute atomic E-state index is 0.0381.